The quantitative estimate of drug-likeness (QED) is 0.183. The number of hydrazone groups is 2. The highest BCUT2D eigenvalue weighted by Gasteiger charge is 2.29. The molecule has 2 atom stereocenters. The number of carbonyl (C=O) groups is 5. The lowest BCUT2D eigenvalue weighted by Gasteiger charge is -2.29. The van der Waals surface area contributed by atoms with E-state index in [1.165, 1.54) is 6.92 Å². The van der Waals surface area contributed by atoms with Crippen molar-refractivity contribution in [2.75, 3.05) is 11.9 Å². The molecule has 0 fully saturated rings. The zero-order valence-electron chi connectivity index (χ0n) is 25.6. The molecule has 0 bridgehead atoms. The number of nitrogens with zero attached hydrogens (tertiary/aromatic N) is 4. The first-order valence-corrected chi connectivity index (χ1v) is 14.4. The van der Waals surface area contributed by atoms with E-state index in [0.29, 0.717) is 23.5 Å². The van der Waals surface area contributed by atoms with Crippen molar-refractivity contribution in [2.24, 2.45) is 21.9 Å². The molecule has 7 N–H and O–H groups in total. The van der Waals surface area contributed by atoms with Crippen molar-refractivity contribution in [1.29, 1.82) is 0 Å². The Morgan fingerprint density at radius 3 is 2.18 bits per heavy atom. The Morgan fingerprint density at radius 1 is 0.933 bits per heavy atom. The summed E-state index contributed by atoms with van der Waals surface area (Å²) in [6.45, 7) is 6.88. The molecule has 2 aromatic carbocycles. The monoisotopic (exact) mass is 621 g/mol. The van der Waals surface area contributed by atoms with Crippen molar-refractivity contribution in [3.05, 3.63) is 65.7 Å². The summed E-state index contributed by atoms with van der Waals surface area (Å²) in [7, 11) is 0. The molecule has 1 heterocycles. The van der Waals surface area contributed by atoms with Crippen molar-refractivity contribution in [3.63, 3.8) is 0 Å². The van der Waals surface area contributed by atoms with Crippen LogP contribution >= 0.6 is 0 Å². The molecule has 15 nitrogen and oxygen atoms in total. The summed E-state index contributed by atoms with van der Waals surface area (Å²) >= 11 is 0. The molecule has 1 aliphatic rings. The lowest BCUT2D eigenvalue weighted by atomic mass is 10.0. The van der Waals surface area contributed by atoms with Crippen molar-refractivity contribution >= 4 is 47.2 Å². The molecular weight excluding hydrogens is 582 g/mol. The van der Waals surface area contributed by atoms with Crippen LogP contribution < -0.4 is 27.0 Å². The molecule has 3 rings (SSSR count). The number of hydrogen-bond donors (Lipinski definition) is 6. The molecule has 2 aromatic rings. The van der Waals surface area contributed by atoms with Crippen LogP contribution in [0.2, 0.25) is 0 Å². The van der Waals surface area contributed by atoms with E-state index in [2.05, 4.69) is 31.5 Å². The van der Waals surface area contributed by atoms with E-state index in [4.69, 9.17) is 5.73 Å². The van der Waals surface area contributed by atoms with Gasteiger partial charge in [0.25, 0.3) is 0 Å². The van der Waals surface area contributed by atoms with Gasteiger partial charge in [-0.2, -0.15) is 5.10 Å². The highest BCUT2D eigenvalue weighted by Crippen LogP contribution is 2.19. The fourth-order valence-corrected chi connectivity index (χ4v) is 4.47. The summed E-state index contributed by atoms with van der Waals surface area (Å²) in [5.74, 6) is -1.05. The third-order valence-electron chi connectivity index (χ3n) is 6.69. The molecule has 1 aliphatic heterocycles. The number of rotatable bonds is 13. The van der Waals surface area contributed by atoms with Crippen LogP contribution in [-0.4, -0.2) is 75.3 Å². The number of nitrogens with one attached hydrogen (secondary N) is 4. The van der Waals surface area contributed by atoms with Gasteiger partial charge >= 0.3 is 12.1 Å². The first-order valence-electron chi connectivity index (χ1n) is 14.4. The average molecular weight is 622 g/mol. The maximum Gasteiger partial charge on any atom is 0.434 e. The van der Waals surface area contributed by atoms with Crippen molar-refractivity contribution in [3.8, 4) is 0 Å². The van der Waals surface area contributed by atoms with Crippen LogP contribution in [0, 0.1) is 5.92 Å². The zero-order chi connectivity index (χ0) is 33.1. The molecule has 2 unspecified atom stereocenters. The SMILES string of the molecule is CC(=O)NC(C(=O)NC(CCCNC(N)=O)C(=O)Nc1ccc(CN2N=C(C)N(C(=O)O)N=C2c2ccccc2)cc1)C(C)C. The van der Waals surface area contributed by atoms with Gasteiger partial charge in [0.15, 0.2) is 11.7 Å². The molecule has 0 aliphatic carbocycles. The minimum absolute atomic E-state index is 0.184. The van der Waals surface area contributed by atoms with Gasteiger partial charge in [-0.15, -0.1) is 10.1 Å². The van der Waals surface area contributed by atoms with E-state index in [1.807, 2.05) is 18.2 Å². The van der Waals surface area contributed by atoms with E-state index in [1.54, 1.807) is 62.2 Å². The van der Waals surface area contributed by atoms with E-state index in [9.17, 15) is 29.1 Å². The van der Waals surface area contributed by atoms with Gasteiger partial charge in [-0.3, -0.25) is 14.4 Å². The average Bonchev–Trinajstić information content (AvgIpc) is 2.98. The summed E-state index contributed by atoms with van der Waals surface area (Å²) in [6.07, 6.45) is -0.701. The highest BCUT2D eigenvalue weighted by molar-refractivity contribution is 6.04. The number of anilines is 1. The highest BCUT2D eigenvalue weighted by atomic mass is 16.4. The second kappa shape index (κ2) is 15.8. The van der Waals surface area contributed by atoms with Gasteiger partial charge in [0.1, 0.15) is 12.1 Å². The number of amidine groups is 2. The van der Waals surface area contributed by atoms with Crippen LogP contribution in [0.1, 0.15) is 51.7 Å². The minimum Gasteiger partial charge on any atom is -0.463 e. The number of urea groups is 1. The van der Waals surface area contributed by atoms with E-state index in [-0.39, 0.29) is 37.2 Å². The number of nitrogens with two attached hydrogens (primary N) is 1. The zero-order valence-corrected chi connectivity index (χ0v) is 25.6. The lowest BCUT2D eigenvalue weighted by molar-refractivity contribution is -0.131. The molecule has 0 radical (unpaired) electrons. The van der Waals surface area contributed by atoms with Gasteiger partial charge in [0.2, 0.25) is 17.7 Å². The standard InChI is InChI=1S/C30H39N9O6/c1-18(2)25(33-20(4)40)28(42)35-24(11-8-16-32-29(31)43)27(41)34-23-14-12-21(13-15-23)17-38-26(22-9-6-5-7-10-22)37-39(30(44)45)19(3)36-38/h5-7,9-10,12-15,18,24-25H,8,11,16-17H2,1-4H3,(H,33,40)(H,34,41)(H,35,42)(H,44,45)(H3,31,32,43). The molecule has 0 saturated carbocycles. The Hall–Kier alpha value is -5.47. The van der Waals surface area contributed by atoms with Crippen LogP contribution in [0.3, 0.4) is 0 Å². The lowest BCUT2D eigenvalue weighted by Crippen LogP contribution is -2.54. The predicted molar refractivity (Wildman–Crippen MR) is 168 cm³/mol. The van der Waals surface area contributed by atoms with Gasteiger partial charge in [0.05, 0.1) is 6.54 Å². The molecule has 0 aromatic heterocycles. The second-order valence-corrected chi connectivity index (χ2v) is 10.7. The van der Waals surface area contributed by atoms with E-state index in [0.717, 1.165) is 10.6 Å². The Kier molecular flexibility index (Phi) is 12.0. The minimum atomic E-state index is -1.25. The summed E-state index contributed by atoms with van der Waals surface area (Å²) in [4.78, 5) is 60.7. The Balaban J connectivity index is 1.74. The summed E-state index contributed by atoms with van der Waals surface area (Å²) in [5, 5.41) is 31.3. The third kappa shape index (κ3) is 10.0. The normalized spacial score (nSPS) is 14.1. The van der Waals surface area contributed by atoms with Gasteiger partial charge in [0, 0.05) is 24.7 Å². The van der Waals surface area contributed by atoms with Crippen molar-refractivity contribution in [1.82, 2.24) is 26.0 Å². The summed E-state index contributed by atoms with van der Waals surface area (Å²) in [5.41, 5.74) is 7.07. The van der Waals surface area contributed by atoms with Gasteiger partial charge in [-0.05, 0) is 43.4 Å². The van der Waals surface area contributed by atoms with Crippen LogP contribution in [0.25, 0.3) is 0 Å². The smallest absolute Gasteiger partial charge is 0.434 e. The Bertz CT molecular complexity index is 1440. The van der Waals surface area contributed by atoms with Crippen LogP contribution in [0.15, 0.2) is 64.8 Å². The molecule has 0 spiro atoms. The van der Waals surface area contributed by atoms with Gasteiger partial charge in [-0.1, -0.05) is 56.3 Å². The number of hydrogen-bond acceptors (Lipinski definition) is 8. The second-order valence-electron chi connectivity index (χ2n) is 10.7. The molecule has 240 valence electrons. The maximum absolute atomic E-state index is 13.3. The molecule has 45 heavy (non-hydrogen) atoms. The Labute approximate surface area is 260 Å². The number of carbonyl (C=O) groups excluding carboxylic acids is 4. The van der Waals surface area contributed by atoms with E-state index < -0.39 is 36.0 Å². The topological polar surface area (TPSA) is 211 Å². The first kappa shape index (κ1) is 34.0. The van der Waals surface area contributed by atoms with Crippen molar-refractivity contribution in [2.45, 2.75) is 59.2 Å². The molecule has 0 saturated heterocycles. The maximum atomic E-state index is 13.3. The fraction of sp³-hybridized carbons (Fsp3) is 0.367. The van der Waals surface area contributed by atoms with Gasteiger partial charge < -0.3 is 32.1 Å². The number of carboxylic acid groups (broad SMARTS) is 1. The fourth-order valence-electron chi connectivity index (χ4n) is 4.47. The molecular formula is C30H39N9O6. The van der Waals surface area contributed by atoms with Crippen LogP contribution in [0.4, 0.5) is 15.3 Å². The van der Waals surface area contributed by atoms with Crippen LogP contribution in [-0.2, 0) is 20.9 Å². The van der Waals surface area contributed by atoms with E-state index >= 15 is 0 Å². The summed E-state index contributed by atoms with van der Waals surface area (Å²) in [6, 6.07) is 13.5. The van der Waals surface area contributed by atoms with Crippen LogP contribution in [0.5, 0.6) is 0 Å². The number of amides is 6. The molecule has 15 heteroatoms. The molecule has 6 amide bonds. The largest absolute Gasteiger partial charge is 0.463 e. The number of primary amides is 1. The predicted octanol–water partition coefficient (Wildman–Crippen LogP) is 2.21. The third-order valence-corrected chi connectivity index (χ3v) is 6.69. The van der Waals surface area contributed by atoms with Crippen molar-refractivity contribution < 1.29 is 29.1 Å². The number of benzene rings is 2. The first-order chi connectivity index (χ1) is 21.3. The summed E-state index contributed by atoms with van der Waals surface area (Å²) < 4.78 is 0. The van der Waals surface area contributed by atoms with Gasteiger partial charge in [-0.25, -0.2) is 14.6 Å². The Morgan fingerprint density at radius 2 is 1.60 bits per heavy atom.